The fourth-order valence-electron chi connectivity index (χ4n) is 0.823. The Morgan fingerprint density at radius 2 is 1.91 bits per heavy atom. The average molecular weight is 165 g/mol. The van der Waals surface area contributed by atoms with Crippen molar-refractivity contribution in [2.24, 2.45) is 0 Å². The van der Waals surface area contributed by atoms with Crippen LogP contribution in [0.2, 0.25) is 0 Å². The lowest BCUT2D eigenvalue weighted by molar-refractivity contribution is 0.102. The van der Waals surface area contributed by atoms with E-state index in [-0.39, 0.29) is 11.5 Å². The van der Waals surface area contributed by atoms with Crippen molar-refractivity contribution >= 4 is 18.4 Å². The van der Waals surface area contributed by atoms with Crippen LogP contribution in [-0.4, -0.2) is 11.5 Å². The zero-order valence-corrected chi connectivity index (χ0v) is 7.15. The number of Topliss-reactive ketones (excluding diaryl/α,β-unsaturated/α-hetero) is 1. The van der Waals surface area contributed by atoms with E-state index < -0.39 is 0 Å². The van der Waals surface area contributed by atoms with Crippen LogP contribution in [0.25, 0.3) is 0 Å². The van der Waals surface area contributed by atoms with Gasteiger partial charge in [0.25, 0.3) is 0 Å². The minimum Gasteiger partial charge on any atom is -0.293 e. The van der Waals surface area contributed by atoms with Crippen molar-refractivity contribution < 1.29 is 4.79 Å². The molecule has 0 amide bonds. The third-order valence-corrected chi connectivity index (χ3v) is 1.77. The number of rotatable bonds is 2. The highest BCUT2D eigenvalue weighted by Crippen LogP contribution is 2.04. The number of hydrogen-bond donors (Lipinski definition) is 0. The van der Waals surface area contributed by atoms with Crippen LogP contribution in [0.15, 0.2) is 24.3 Å². The zero-order valence-electron chi connectivity index (χ0n) is 6.33. The van der Waals surface area contributed by atoms with E-state index in [2.05, 4.69) is 12.6 Å². The van der Waals surface area contributed by atoms with Crippen molar-refractivity contribution in [2.45, 2.75) is 6.92 Å². The van der Waals surface area contributed by atoms with Crippen LogP contribution in [0.5, 0.6) is 0 Å². The second-order valence-corrected chi connectivity index (χ2v) is 2.72. The van der Waals surface area contributed by atoms with Crippen LogP contribution < -0.4 is 0 Å². The Labute approximate surface area is 71.8 Å². The summed E-state index contributed by atoms with van der Waals surface area (Å²) in [6.07, 6.45) is 0. The zero-order chi connectivity index (χ0) is 8.27. The number of ketones is 1. The third-order valence-electron chi connectivity index (χ3n) is 1.50. The molecule has 0 aliphatic rings. The van der Waals surface area contributed by atoms with Gasteiger partial charge in [0.2, 0.25) is 0 Å². The molecule has 1 aromatic rings. The number of aryl methyl sites for hydroxylation is 1. The van der Waals surface area contributed by atoms with Crippen molar-refractivity contribution in [1.82, 2.24) is 0 Å². The molecule has 0 heterocycles. The predicted molar refractivity (Wildman–Crippen MR) is 48.0 cm³/mol. The third kappa shape index (κ3) is 2.09. The van der Waals surface area contributed by atoms with E-state index in [1.165, 1.54) is 0 Å². The predicted octanol–water partition coefficient (Wildman–Crippen LogP) is 2.38. The topological polar surface area (TPSA) is 17.1 Å². The van der Waals surface area contributed by atoms with Crippen molar-refractivity contribution in [3.63, 3.8) is 0 Å². The number of benzene rings is 1. The summed E-state index contributed by atoms with van der Waals surface area (Å²) in [5.74, 6) is 0.197. The smallest absolute Gasteiger partial charge is 0.173 e. The molecule has 57 valence electrons. The van der Waals surface area contributed by atoms with Gasteiger partial charge in [-0.25, -0.2) is 0 Å². The quantitative estimate of drug-likeness (QED) is 0.615. The van der Waals surface area contributed by atoms with Gasteiger partial charge < -0.3 is 0 Å². The monoisotopic (exact) mass is 165 g/mol. The average Bonchev–Trinajstić information content (AvgIpc) is 2.05. The molecule has 1 aromatic carbocycles. The second-order valence-electron chi connectivity index (χ2n) is 2.43. The van der Waals surface area contributed by atoms with Gasteiger partial charge >= 0.3 is 0 Å². The van der Waals surface area contributed by atoms with Gasteiger partial charge in [-0.05, 0) is 6.92 Å². The summed E-state index contributed by atoms with van der Waals surface area (Å²) < 4.78 is 0. The molecule has 0 fully saturated rings. The largest absolute Gasteiger partial charge is 0.293 e. The van der Waals surface area contributed by atoms with E-state index in [4.69, 9.17) is 0 Å². The summed E-state index contributed by atoms with van der Waals surface area (Å²) in [6, 6.07) is 7.45. The lowest BCUT2D eigenvalue weighted by Crippen LogP contribution is -1.99. The summed E-state index contributed by atoms with van der Waals surface area (Å²) in [4.78, 5) is 11.0. The number of carbonyl (C=O) groups excluding carboxylic acids is 1. The van der Waals surface area contributed by atoms with Gasteiger partial charge in [-0.3, -0.25) is 4.79 Å². The molecule has 0 saturated heterocycles. The highest BCUT2D eigenvalue weighted by Gasteiger charge is 2.00. The minimum atomic E-state index is 0.0278. The molecule has 0 N–H and O–H groups in total. The van der Waals surface area contributed by atoms with Crippen molar-refractivity contribution in [3.05, 3.63) is 35.4 Å². The van der Waals surface area contributed by atoms with E-state index in [0.29, 0.717) is 5.56 Å². The first-order valence-electron chi connectivity index (χ1n) is 3.42. The normalized spacial score (nSPS) is 9.64. The first-order valence-corrected chi connectivity index (χ1v) is 4.00. The number of carbonyl (C=O) groups is 1. The first-order chi connectivity index (χ1) is 5.24. The molecule has 0 atom stereocenters. The molecule has 1 rings (SSSR count). The Morgan fingerprint density at radius 3 is 2.36 bits per heavy atom. The highest BCUT2D eigenvalue weighted by molar-refractivity contribution is 7.81. The van der Waals surface area contributed by atoms with Gasteiger partial charge in [0.15, 0.2) is 5.78 Å². The standard InChI is InChI=1S/C9H9OS/c1-7-2-4-8(5-3-7)9(10)6-11/h2-5H,6H2,1H3. The molecule has 11 heavy (non-hydrogen) atoms. The number of hydrogen-bond acceptors (Lipinski definition) is 1. The maximum Gasteiger partial charge on any atom is 0.173 e. The van der Waals surface area contributed by atoms with E-state index in [1.807, 2.05) is 31.2 Å². The molecular formula is C9H9OS. The van der Waals surface area contributed by atoms with Gasteiger partial charge in [0, 0.05) is 5.56 Å². The molecule has 0 unspecified atom stereocenters. The maximum absolute atomic E-state index is 11.0. The van der Waals surface area contributed by atoms with Gasteiger partial charge in [0.1, 0.15) is 0 Å². The van der Waals surface area contributed by atoms with Gasteiger partial charge in [0.05, 0.1) is 5.75 Å². The fraction of sp³-hybridized carbons (Fsp3) is 0.222. The molecule has 0 spiro atoms. The molecule has 0 aromatic heterocycles. The summed E-state index contributed by atoms with van der Waals surface area (Å²) in [6.45, 7) is 1.99. The maximum atomic E-state index is 11.0. The summed E-state index contributed by atoms with van der Waals surface area (Å²) in [7, 11) is 0. The molecule has 0 saturated carbocycles. The van der Waals surface area contributed by atoms with Crippen molar-refractivity contribution in [1.29, 1.82) is 0 Å². The summed E-state index contributed by atoms with van der Waals surface area (Å²) in [5, 5.41) is 0. The van der Waals surface area contributed by atoms with Crippen molar-refractivity contribution in [2.75, 3.05) is 5.75 Å². The first kappa shape index (κ1) is 8.34. The van der Waals surface area contributed by atoms with Crippen molar-refractivity contribution in [3.8, 4) is 0 Å². The van der Waals surface area contributed by atoms with Gasteiger partial charge in [-0.15, -0.1) is 0 Å². The SMILES string of the molecule is Cc1ccc(C(=O)C[S])cc1. The van der Waals surface area contributed by atoms with E-state index in [9.17, 15) is 4.79 Å². The molecule has 2 heteroatoms. The molecule has 0 aliphatic carbocycles. The Hall–Kier alpha value is -0.760. The second kappa shape index (κ2) is 3.58. The van der Waals surface area contributed by atoms with Crippen LogP contribution in [-0.2, 0) is 0 Å². The molecule has 1 nitrogen and oxygen atoms in total. The minimum absolute atomic E-state index is 0.0278. The van der Waals surface area contributed by atoms with E-state index in [0.717, 1.165) is 5.56 Å². The highest BCUT2D eigenvalue weighted by atomic mass is 32.1. The Kier molecular flexibility index (Phi) is 2.71. The Balaban J connectivity index is 2.90. The lowest BCUT2D eigenvalue weighted by atomic mass is 10.1. The molecule has 0 bridgehead atoms. The van der Waals surface area contributed by atoms with E-state index in [1.54, 1.807) is 0 Å². The van der Waals surface area contributed by atoms with Crippen LogP contribution >= 0.6 is 12.6 Å². The fourth-order valence-corrected chi connectivity index (χ4v) is 0.989. The molecule has 1 radical (unpaired) electrons. The van der Waals surface area contributed by atoms with Crippen LogP contribution in [0.3, 0.4) is 0 Å². The molecule has 0 aliphatic heterocycles. The Morgan fingerprint density at radius 1 is 1.36 bits per heavy atom. The molecular weight excluding hydrogens is 156 g/mol. The van der Waals surface area contributed by atoms with E-state index >= 15 is 0 Å². The summed E-state index contributed by atoms with van der Waals surface area (Å²) >= 11 is 4.64. The van der Waals surface area contributed by atoms with Crippen LogP contribution in [0, 0.1) is 6.92 Å². The lowest BCUT2D eigenvalue weighted by Gasteiger charge is -1.96. The Bertz CT molecular complexity index is 251. The summed E-state index contributed by atoms with van der Waals surface area (Å²) in [5.41, 5.74) is 1.87. The van der Waals surface area contributed by atoms with Crippen LogP contribution in [0.4, 0.5) is 0 Å². The van der Waals surface area contributed by atoms with Gasteiger partial charge in [-0.1, -0.05) is 42.5 Å². The van der Waals surface area contributed by atoms with Gasteiger partial charge in [-0.2, -0.15) is 0 Å². The van der Waals surface area contributed by atoms with Crippen LogP contribution in [0.1, 0.15) is 15.9 Å².